The van der Waals surface area contributed by atoms with Gasteiger partial charge < -0.3 is 14.2 Å². The Morgan fingerprint density at radius 3 is 2.80 bits per heavy atom. The predicted molar refractivity (Wildman–Crippen MR) is 77.1 cm³/mol. The third-order valence-electron chi connectivity index (χ3n) is 3.52. The molecule has 0 spiro atoms. The van der Waals surface area contributed by atoms with Gasteiger partial charge in [0.15, 0.2) is 0 Å². The van der Waals surface area contributed by atoms with E-state index in [1.54, 1.807) is 0 Å². The van der Waals surface area contributed by atoms with Gasteiger partial charge in [0.2, 0.25) is 0 Å². The van der Waals surface area contributed by atoms with Crippen LogP contribution in [0.25, 0.3) is 5.69 Å². The van der Waals surface area contributed by atoms with E-state index >= 15 is 0 Å². The molecule has 4 nitrogen and oxygen atoms in total. The molecule has 2 heterocycles. The number of amides is 1. The Kier molecular flexibility index (Phi) is 3.56. The summed E-state index contributed by atoms with van der Waals surface area (Å²) < 4.78 is 7.48. The van der Waals surface area contributed by atoms with Gasteiger partial charge in [-0.1, -0.05) is 6.07 Å². The zero-order valence-electron chi connectivity index (χ0n) is 11.5. The molecule has 1 fully saturated rings. The van der Waals surface area contributed by atoms with E-state index in [0.717, 1.165) is 11.3 Å². The fraction of sp³-hybridized carbons (Fsp3) is 0.312. The monoisotopic (exact) mass is 270 g/mol. The van der Waals surface area contributed by atoms with Gasteiger partial charge in [-0.2, -0.15) is 0 Å². The lowest BCUT2D eigenvalue weighted by atomic mass is 10.1. The third kappa shape index (κ3) is 2.60. The van der Waals surface area contributed by atoms with E-state index in [0.29, 0.717) is 19.7 Å². The molecule has 1 aliphatic rings. The summed E-state index contributed by atoms with van der Waals surface area (Å²) in [4.78, 5) is 14.4. The first-order valence-electron chi connectivity index (χ1n) is 6.88. The minimum Gasteiger partial charge on any atom is -0.375 e. The first-order chi connectivity index (χ1) is 9.74. The van der Waals surface area contributed by atoms with E-state index in [-0.39, 0.29) is 12.0 Å². The van der Waals surface area contributed by atoms with E-state index in [1.165, 1.54) is 0 Å². The number of aromatic nitrogens is 1. The molecule has 4 heteroatoms. The number of carbonyl (C=O) groups excluding carboxylic acids is 1. The van der Waals surface area contributed by atoms with Gasteiger partial charge in [0, 0.05) is 36.7 Å². The topological polar surface area (TPSA) is 34.5 Å². The van der Waals surface area contributed by atoms with Crippen molar-refractivity contribution in [1.82, 2.24) is 9.47 Å². The first kappa shape index (κ1) is 12.9. The van der Waals surface area contributed by atoms with E-state index in [1.807, 2.05) is 65.2 Å². The Morgan fingerprint density at radius 1 is 1.25 bits per heavy atom. The van der Waals surface area contributed by atoms with Crippen molar-refractivity contribution in [3.05, 3.63) is 54.4 Å². The van der Waals surface area contributed by atoms with E-state index in [2.05, 4.69) is 0 Å². The number of hydrogen-bond donors (Lipinski definition) is 0. The summed E-state index contributed by atoms with van der Waals surface area (Å²) in [5, 5.41) is 0. The van der Waals surface area contributed by atoms with Gasteiger partial charge in [-0.3, -0.25) is 4.79 Å². The molecule has 1 saturated heterocycles. The second-order valence-electron chi connectivity index (χ2n) is 5.07. The van der Waals surface area contributed by atoms with Crippen LogP contribution < -0.4 is 0 Å². The van der Waals surface area contributed by atoms with Crippen molar-refractivity contribution in [2.45, 2.75) is 13.0 Å². The van der Waals surface area contributed by atoms with Crippen LogP contribution in [0.2, 0.25) is 0 Å². The van der Waals surface area contributed by atoms with Gasteiger partial charge in [-0.05, 0) is 37.3 Å². The highest BCUT2D eigenvalue weighted by Crippen LogP contribution is 2.15. The summed E-state index contributed by atoms with van der Waals surface area (Å²) in [5.41, 5.74) is 1.73. The van der Waals surface area contributed by atoms with Gasteiger partial charge in [-0.25, -0.2) is 0 Å². The zero-order valence-corrected chi connectivity index (χ0v) is 11.5. The number of carbonyl (C=O) groups is 1. The van der Waals surface area contributed by atoms with E-state index in [9.17, 15) is 4.79 Å². The summed E-state index contributed by atoms with van der Waals surface area (Å²) in [7, 11) is 0. The van der Waals surface area contributed by atoms with Crippen LogP contribution in [-0.4, -0.2) is 41.2 Å². The highest BCUT2D eigenvalue weighted by molar-refractivity contribution is 5.94. The number of ether oxygens (including phenoxy) is 1. The fourth-order valence-corrected chi connectivity index (χ4v) is 2.49. The molecule has 104 valence electrons. The van der Waals surface area contributed by atoms with Crippen molar-refractivity contribution in [3.63, 3.8) is 0 Å². The molecule has 1 aliphatic heterocycles. The molecule has 0 N–H and O–H groups in total. The highest BCUT2D eigenvalue weighted by atomic mass is 16.5. The molecule has 3 rings (SSSR count). The number of nitrogens with zero attached hydrogens (tertiary/aromatic N) is 2. The maximum absolute atomic E-state index is 12.5. The van der Waals surface area contributed by atoms with Crippen LogP contribution in [0.3, 0.4) is 0 Å². The van der Waals surface area contributed by atoms with Crippen molar-refractivity contribution in [3.8, 4) is 5.69 Å². The number of morpholine rings is 1. The molecular weight excluding hydrogens is 252 g/mol. The molecule has 0 aliphatic carbocycles. The van der Waals surface area contributed by atoms with Gasteiger partial charge in [0.1, 0.15) is 0 Å². The SMILES string of the molecule is C[C@H]1CN(C(=O)c2cccc(-n3cccc3)c2)CCO1. The van der Waals surface area contributed by atoms with Crippen molar-refractivity contribution < 1.29 is 9.53 Å². The van der Waals surface area contributed by atoms with Crippen LogP contribution in [0.4, 0.5) is 0 Å². The Bertz CT molecular complexity index is 592. The summed E-state index contributed by atoms with van der Waals surface area (Å²) in [6.45, 7) is 3.93. The Balaban J connectivity index is 1.83. The van der Waals surface area contributed by atoms with Crippen LogP contribution in [0.1, 0.15) is 17.3 Å². The van der Waals surface area contributed by atoms with Crippen LogP contribution in [0.15, 0.2) is 48.8 Å². The molecule has 0 saturated carbocycles. The summed E-state index contributed by atoms with van der Waals surface area (Å²) in [5.74, 6) is 0.0779. The Labute approximate surface area is 118 Å². The second-order valence-corrected chi connectivity index (χ2v) is 5.07. The largest absolute Gasteiger partial charge is 0.375 e. The predicted octanol–water partition coefficient (Wildman–Crippen LogP) is 2.34. The standard InChI is InChI=1S/C16H18N2O2/c1-13-12-18(9-10-20-13)16(19)14-5-4-6-15(11-14)17-7-2-3-8-17/h2-8,11,13H,9-10,12H2,1H3/t13-/m0/s1. The average molecular weight is 270 g/mol. The van der Waals surface area contributed by atoms with Crippen molar-refractivity contribution in [1.29, 1.82) is 0 Å². The second kappa shape index (κ2) is 5.51. The lowest BCUT2D eigenvalue weighted by molar-refractivity contribution is -0.0124. The normalized spacial score (nSPS) is 19.1. The lowest BCUT2D eigenvalue weighted by Gasteiger charge is -2.31. The van der Waals surface area contributed by atoms with Crippen LogP contribution in [-0.2, 0) is 4.74 Å². The summed E-state index contributed by atoms with van der Waals surface area (Å²) in [6.07, 6.45) is 4.06. The molecule has 2 aromatic rings. The average Bonchev–Trinajstić information content (AvgIpc) is 3.01. The van der Waals surface area contributed by atoms with Crippen molar-refractivity contribution >= 4 is 5.91 Å². The quantitative estimate of drug-likeness (QED) is 0.839. The smallest absolute Gasteiger partial charge is 0.254 e. The third-order valence-corrected chi connectivity index (χ3v) is 3.52. The number of benzene rings is 1. The van der Waals surface area contributed by atoms with Gasteiger partial charge in [0.25, 0.3) is 5.91 Å². The maximum atomic E-state index is 12.5. The molecular formula is C16H18N2O2. The summed E-state index contributed by atoms with van der Waals surface area (Å²) in [6, 6.07) is 11.7. The Morgan fingerprint density at radius 2 is 2.05 bits per heavy atom. The molecule has 0 bridgehead atoms. The molecule has 1 amide bonds. The number of rotatable bonds is 2. The minimum absolute atomic E-state index is 0.0779. The van der Waals surface area contributed by atoms with Crippen LogP contribution in [0, 0.1) is 0 Å². The van der Waals surface area contributed by atoms with Crippen LogP contribution in [0.5, 0.6) is 0 Å². The lowest BCUT2D eigenvalue weighted by Crippen LogP contribution is -2.44. The van der Waals surface area contributed by atoms with Gasteiger partial charge in [-0.15, -0.1) is 0 Å². The van der Waals surface area contributed by atoms with Gasteiger partial charge >= 0.3 is 0 Å². The maximum Gasteiger partial charge on any atom is 0.254 e. The highest BCUT2D eigenvalue weighted by Gasteiger charge is 2.22. The molecule has 20 heavy (non-hydrogen) atoms. The molecule has 0 unspecified atom stereocenters. The zero-order chi connectivity index (χ0) is 13.9. The summed E-state index contributed by atoms with van der Waals surface area (Å²) >= 11 is 0. The Hall–Kier alpha value is -2.07. The van der Waals surface area contributed by atoms with Gasteiger partial charge in [0.05, 0.1) is 12.7 Å². The van der Waals surface area contributed by atoms with Crippen molar-refractivity contribution in [2.24, 2.45) is 0 Å². The van der Waals surface area contributed by atoms with Crippen molar-refractivity contribution in [2.75, 3.05) is 19.7 Å². The van der Waals surface area contributed by atoms with E-state index in [4.69, 9.17) is 4.74 Å². The fourth-order valence-electron chi connectivity index (χ4n) is 2.49. The molecule has 1 aromatic carbocycles. The first-order valence-corrected chi connectivity index (χ1v) is 6.88. The molecule has 1 aromatic heterocycles. The molecule has 1 atom stereocenters. The molecule has 0 radical (unpaired) electrons. The van der Waals surface area contributed by atoms with E-state index < -0.39 is 0 Å². The minimum atomic E-state index is 0.0779. The number of hydrogen-bond acceptors (Lipinski definition) is 2. The van der Waals surface area contributed by atoms with Crippen LogP contribution >= 0.6 is 0 Å².